The van der Waals surface area contributed by atoms with Crippen molar-refractivity contribution >= 4 is 11.2 Å². The summed E-state index contributed by atoms with van der Waals surface area (Å²) in [5.41, 5.74) is 2.95. The molecule has 3 heteroatoms. The molecule has 0 amide bonds. The molecule has 0 bridgehead atoms. The quantitative estimate of drug-likeness (QED) is 0.706. The van der Waals surface area contributed by atoms with E-state index in [1.54, 1.807) is 0 Å². The van der Waals surface area contributed by atoms with Crippen molar-refractivity contribution < 1.29 is 0 Å². The summed E-state index contributed by atoms with van der Waals surface area (Å²) in [5, 5.41) is 0. The van der Waals surface area contributed by atoms with E-state index in [-0.39, 0.29) is 0 Å². The zero-order valence-corrected chi connectivity index (χ0v) is 12.2. The summed E-state index contributed by atoms with van der Waals surface area (Å²) in [6.45, 7) is 4.27. The number of unbranched alkanes of at least 4 members (excludes halogenated alkanes) is 6. The number of nitrogens with one attached hydrogen (secondary N) is 1. The second kappa shape index (κ2) is 7.27. The zero-order chi connectivity index (χ0) is 13.5. The molecular formula is C16H25N3. The van der Waals surface area contributed by atoms with Crippen LogP contribution in [0.25, 0.3) is 11.2 Å². The van der Waals surface area contributed by atoms with Gasteiger partial charge in [0.1, 0.15) is 5.82 Å². The van der Waals surface area contributed by atoms with Gasteiger partial charge in [0.05, 0.1) is 5.52 Å². The Morgan fingerprint density at radius 2 is 1.68 bits per heavy atom. The minimum atomic E-state index is 0.859. The highest BCUT2D eigenvalue weighted by molar-refractivity contribution is 5.70. The maximum absolute atomic E-state index is 4.55. The van der Waals surface area contributed by atoms with E-state index in [9.17, 15) is 0 Å². The van der Waals surface area contributed by atoms with E-state index in [1.165, 1.54) is 44.9 Å². The molecule has 0 aliphatic heterocycles. The highest BCUT2D eigenvalue weighted by Gasteiger charge is 2.03. The van der Waals surface area contributed by atoms with E-state index in [1.807, 2.05) is 13.0 Å². The predicted octanol–water partition coefficient (Wildman–Crippen LogP) is 4.56. The average Bonchev–Trinajstić information content (AvgIpc) is 2.79. The highest BCUT2D eigenvalue weighted by Crippen LogP contribution is 2.13. The lowest BCUT2D eigenvalue weighted by atomic mass is 10.1. The molecule has 0 unspecified atom stereocenters. The highest BCUT2D eigenvalue weighted by atomic mass is 15.0. The first-order chi connectivity index (χ1) is 9.29. The number of pyridine rings is 1. The number of aromatic nitrogens is 3. The molecule has 0 aliphatic rings. The van der Waals surface area contributed by atoms with Gasteiger partial charge in [-0.25, -0.2) is 9.97 Å². The Bertz CT molecular complexity index is 502. The number of rotatable bonds is 8. The van der Waals surface area contributed by atoms with Crippen LogP contribution in [0.5, 0.6) is 0 Å². The van der Waals surface area contributed by atoms with E-state index in [0.29, 0.717) is 0 Å². The predicted molar refractivity (Wildman–Crippen MR) is 80.3 cm³/mol. The fraction of sp³-hybridized carbons (Fsp3) is 0.625. The smallest absolute Gasteiger partial charge is 0.177 e. The zero-order valence-electron chi connectivity index (χ0n) is 12.2. The van der Waals surface area contributed by atoms with Gasteiger partial charge in [-0.2, -0.15) is 0 Å². The summed E-state index contributed by atoms with van der Waals surface area (Å²) in [6, 6.07) is 4.09. The lowest BCUT2D eigenvalue weighted by molar-refractivity contribution is 0.585. The summed E-state index contributed by atoms with van der Waals surface area (Å²) >= 11 is 0. The molecule has 0 aliphatic carbocycles. The number of hydrogen-bond acceptors (Lipinski definition) is 2. The standard InChI is InChI=1S/C16H25N3/c1-3-4-5-6-7-8-9-10-15-18-14-12-11-13(2)17-16(14)19-15/h11-12H,3-10H2,1-2H3,(H,17,18,19). The fourth-order valence-electron chi connectivity index (χ4n) is 2.40. The van der Waals surface area contributed by atoms with Crippen LogP contribution in [0.3, 0.4) is 0 Å². The molecular weight excluding hydrogens is 234 g/mol. The number of nitrogens with zero attached hydrogens (tertiary/aromatic N) is 2. The van der Waals surface area contributed by atoms with Crippen LogP contribution in [0.4, 0.5) is 0 Å². The van der Waals surface area contributed by atoms with Gasteiger partial charge in [-0.15, -0.1) is 0 Å². The molecule has 0 saturated carbocycles. The van der Waals surface area contributed by atoms with Gasteiger partial charge in [-0.1, -0.05) is 45.4 Å². The number of H-pyrrole nitrogens is 1. The third-order valence-corrected chi connectivity index (χ3v) is 3.55. The van der Waals surface area contributed by atoms with Crippen LogP contribution in [-0.4, -0.2) is 15.0 Å². The summed E-state index contributed by atoms with van der Waals surface area (Å²) in [7, 11) is 0. The topological polar surface area (TPSA) is 41.6 Å². The van der Waals surface area contributed by atoms with E-state index < -0.39 is 0 Å². The molecule has 2 aromatic rings. The molecule has 0 radical (unpaired) electrons. The molecule has 0 fully saturated rings. The second-order valence-corrected chi connectivity index (χ2v) is 5.38. The van der Waals surface area contributed by atoms with Crippen molar-refractivity contribution in [1.82, 2.24) is 15.0 Å². The van der Waals surface area contributed by atoms with Crippen molar-refractivity contribution in [2.75, 3.05) is 0 Å². The van der Waals surface area contributed by atoms with Gasteiger partial charge in [0.25, 0.3) is 0 Å². The van der Waals surface area contributed by atoms with E-state index in [0.717, 1.165) is 29.1 Å². The number of aryl methyl sites for hydroxylation is 2. The molecule has 1 N–H and O–H groups in total. The van der Waals surface area contributed by atoms with Crippen molar-refractivity contribution in [3.63, 3.8) is 0 Å². The summed E-state index contributed by atoms with van der Waals surface area (Å²) in [4.78, 5) is 12.3. The molecule has 2 aromatic heterocycles. The third-order valence-electron chi connectivity index (χ3n) is 3.55. The van der Waals surface area contributed by atoms with Crippen molar-refractivity contribution in [3.05, 3.63) is 23.7 Å². The van der Waals surface area contributed by atoms with Gasteiger partial charge in [0, 0.05) is 12.1 Å². The third kappa shape index (κ3) is 4.34. The molecule has 0 saturated heterocycles. The first kappa shape index (κ1) is 14.0. The fourth-order valence-corrected chi connectivity index (χ4v) is 2.40. The van der Waals surface area contributed by atoms with Gasteiger partial charge >= 0.3 is 0 Å². The van der Waals surface area contributed by atoms with Crippen LogP contribution in [0.2, 0.25) is 0 Å². The van der Waals surface area contributed by atoms with Gasteiger partial charge in [-0.3, -0.25) is 0 Å². The average molecular weight is 259 g/mol. The maximum atomic E-state index is 4.55. The Morgan fingerprint density at radius 3 is 2.47 bits per heavy atom. The lowest BCUT2D eigenvalue weighted by Gasteiger charge is -1.99. The van der Waals surface area contributed by atoms with E-state index >= 15 is 0 Å². The summed E-state index contributed by atoms with van der Waals surface area (Å²) < 4.78 is 0. The molecule has 19 heavy (non-hydrogen) atoms. The van der Waals surface area contributed by atoms with Crippen molar-refractivity contribution in [3.8, 4) is 0 Å². The van der Waals surface area contributed by atoms with Gasteiger partial charge < -0.3 is 4.98 Å². The monoisotopic (exact) mass is 259 g/mol. The van der Waals surface area contributed by atoms with Crippen LogP contribution in [-0.2, 0) is 6.42 Å². The van der Waals surface area contributed by atoms with E-state index in [2.05, 4.69) is 27.9 Å². The van der Waals surface area contributed by atoms with Crippen LogP contribution >= 0.6 is 0 Å². The molecule has 2 heterocycles. The number of fused-ring (bicyclic) bond motifs is 1. The lowest BCUT2D eigenvalue weighted by Crippen LogP contribution is -1.88. The first-order valence-electron chi connectivity index (χ1n) is 7.62. The first-order valence-corrected chi connectivity index (χ1v) is 7.62. The summed E-state index contributed by atoms with van der Waals surface area (Å²) in [6.07, 6.45) is 10.4. The van der Waals surface area contributed by atoms with Gasteiger partial charge in [0.15, 0.2) is 5.65 Å². The summed E-state index contributed by atoms with van der Waals surface area (Å²) in [5.74, 6) is 1.08. The number of imidazole rings is 1. The number of hydrogen-bond donors (Lipinski definition) is 1. The van der Waals surface area contributed by atoms with Crippen LogP contribution in [0.1, 0.15) is 63.4 Å². The van der Waals surface area contributed by atoms with Crippen LogP contribution in [0.15, 0.2) is 12.1 Å². The van der Waals surface area contributed by atoms with Crippen molar-refractivity contribution in [2.45, 2.75) is 65.2 Å². The molecule has 2 rings (SSSR count). The normalized spacial score (nSPS) is 11.3. The van der Waals surface area contributed by atoms with Crippen molar-refractivity contribution in [2.24, 2.45) is 0 Å². The Hall–Kier alpha value is -1.38. The number of aromatic amines is 1. The second-order valence-electron chi connectivity index (χ2n) is 5.38. The molecule has 0 spiro atoms. The Labute approximate surface area is 115 Å². The maximum Gasteiger partial charge on any atom is 0.177 e. The van der Waals surface area contributed by atoms with E-state index in [4.69, 9.17) is 0 Å². The molecule has 0 aromatic carbocycles. The van der Waals surface area contributed by atoms with Crippen LogP contribution < -0.4 is 0 Å². The minimum Gasteiger partial charge on any atom is -0.341 e. The molecule has 104 valence electrons. The van der Waals surface area contributed by atoms with Gasteiger partial charge in [-0.05, 0) is 25.5 Å². The Balaban J connectivity index is 1.72. The largest absolute Gasteiger partial charge is 0.341 e. The molecule has 0 atom stereocenters. The minimum absolute atomic E-state index is 0.859. The Morgan fingerprint density at radius 1 is 0.947 bits per heavy atom. The van der Waals surface area contributed by atoms with Crippen LogP contribution in [0, 0.1) is 6.92 Å². The molecule has 3 nitrogen and oxygen atoms in total. The Kier molecular flexibility index (Phi) is 5.37. The SMILES string of the molecule is CCCCCCCCCc1nc2nc(C)ccc2[nH]1. The van der Waals surface area contributed by atoms with Crippen molar-refractivity contribution in [1.29, 1.82) is 0 Å². The van der Waals surface area contributed by atoms with Gasteiger partial charge in [0.2, 0.25) is 0 Å².